The molecule has 8 nitrogen and oxygen atoms in total. The van der Waals surface area contributed by atoms with Crippen LogP contribution >= 0.6 is 0 Å². The molecule has 0 saturated carbocycles. The smallest absolute Gasteiger partial charge is 0.303 e. The van der Waals surface area contributed by atoms with Crippen LogP contribution in [0, 0.1) is 23.7 Å². The van der Waals surface area contributed by atoms with Gasteiger partial charge in [0.2, 0.25) is 0 Å². The molecule has 32 heavy (non-hydrogen) atoms. The third kappa shape index (κ3) is 4.22. The van der Waals surface area contributed by atoms with E-state index in [1.54, 1.807) is 38.3 Å². The highest BCUT2D eigenvalue weighted by Gasteiger charge is 2.30. The number of methoxy groups -OCH3 is 2. The van der Waals surface area contributed by atoms with E-state index in [1.807, 2.05) is 12.1 Å². The lowest BCUT2D eigenvalue weighted by Gasteiger charge is -2.26. The number of benzene rings is 1. The molecule has 1 amide bonds. The summed E-state index contributed by atoms with van der Waals surface area (Å²) in [5.74, 6) is 12.7. The number of amides is 1. The summed E-state index contributed by atoms with van der Waals surface area (Å²) >= 11 is 0. The van der Waals surface area contributed by atoms with Crippen LogP contribution in [0.3, 0.4) is 0 Å². The van der Waals surface area contributed by atoms with E-state index in [0.717, 1.165) is 18.5 Å². The molecule has 1 aliphatic heterocycles. The molecule has 0 bridgehead atoms. The number of hydrogen-bond acceptors (Lipinski definition) is 6. The fraction of sp³-hybridized carbons (Fsp3) is 0.292. The second kappa shape index (κ2) is 9.42. The highest BCUT2D eigenvalue weighted by molar-refractivity contribution is 6.11. The Balaban J connectivity index is 1.81. The van der Waals surface area contributed by atoms with Crippen LogP contribution in [-0.2, 0) is 4.79 Å². The van der Waals surface area contributed by atoms with Crippen molar-refractivity contribution in [2.24, 2.45) is 0 Å². The summed E-state index contributed by atoms with van der Waals surface area (Å²) < 4.78 is 10.6. The highest BCUT2D eigenvalue weighted by atomic mass is 16.5. The van der Waals surface area contributed by atoms with Crippen LogP contribution < -0.4 is 19.7 Å². The van der Waals surface area contributed by atoms with E-state index < -0.39 is 0 Å². The van der Waals surface area contributed by atoms with Crippen molar-refractivity contribution in [2.45, 2.75) is 19.4 Å². The topological polar surface area (TPSA) is 92.4 Å². The molecule has 2 N–H and O–H groups in total. The van der Waals surface area contributed by atoms with Crippen LogP contribution in [0.25, 0.3) is 11.0 Å². The number of anilines is 1. The van der Waals surface area contributed by atoms with Crippen molar-refractivity contribution in [3.63, 3.8) is 0 Å². The van der Waals surface area contributed by atoms with Crippen LogP contribution in [0.4, 0.5) is 5.69 Å². The maximum absolute atomic E-state index is 12.9. The summed E-state index contributed by atoms with van der Waals surface area (Å²) in [4.78, 5) is 26.5. The minimum Gasteiger partial charge on any atom is -0.497 e. The van der Waals surface area contributed by atoms with Gasteiger partial charge in [-0.1, -0.05) is 11.8 Å². The average Bonchev–Trinajstić information content (AvgIpc) is 3.49. The molecule has 1 saturated heterocycles. The van der Waals surface area contributed by atoms with Crippen LogP contribution in [-0.4, -0.2) is 54.2 Å². The van der Waals surface area contributed by atoms with Gasteiger partial charge in [0.15, 0.2) is 0 Å². The van der Waals surface area contributed by atoms with Crippen molar-refractivity contribution in [1.82, 2.24) is 20.3 Å². The first-order chi connectivity index (χ1) is 15.6. The minimum atomic E-state index is -0.262. The number of hydrogen-bond donors (Lipinski definition) is 2. The van der Waals surface area contributed by atoms with Gasteiger partial charge >= 0.3 is 5.91 Å². The molecule has 1 atom stereocenters. The van der Waals surface area contributed by atoms with Gasteiger partial charge in [-0.25, -0.2) is 9.97 Å². The lowest BCUT2D eigenvalue weighted by atomic mass is 10.1. The minimum absolute atomic E-state index is 0.00832. The van der Waals surface area contributed by atoms with Gasteiger partial charge in [0.1, 0.15) is 29.2 Å². The monoisotopic (exact) mass is 429 g/mol. The fourth-order valence-electron chi connectivity index (χ4n) is 3.74. The number of nitrogens with zero attached hydrogens (tertiary/aromatic N) is 3. The first-order valence-electron chi connectivity index (χ1n) is 10.2. The van der Waals surface area contributed by atoms with E-state index >= 15 is 0 Å². The quantitative estimate of drug-likeness (QED) is 0.617. The first kappa shape index (κ1) is 21.2. The number of carbonyl (C=O) groups excluding carboxylic acids is 1. The summed E-state index contributed by atoms with van der Waals surface area (Å²) in [6, 6.07) is 5.42. The van der Waals surface area contributed by atoms with Gasteiger partial charge in [-0.15, -0.1) is 0 Å². The highest BCUT2D eigenvalue weighted by Crippen LogP contribution is 2.30. The zero-order chi connectivity index (χ0) is 22.5. The number of nitrogens with one attached hydrogen (secondary N) is 2. The van der Waals surface area contributed by atoms with Gasteiger partial charge in [-0.05, 0) is 43.9 Å². The molecule has 0 radical (unpaired) electrons. The van der Waals surface area contributed by atoms with Crippen LogP contribution in [0.1, 0.15) is 24.6 Å². The van der Waals surface area contributed by atoms with Crippen molar-refractivity contribution >= 4 is 22.6 Å². The second-order valence-electron chi connectivity index (χ2n) is 7.17. The number of aromatic amines is 1. The Kier molecular flexibility index (Phi) is 6.25. The molecule has 2 aromatic heterocycles. The zero-order valence-corrected chi connectivity index (χ0v) is 18.2. The number of aromatic nitrogens is 3. The van der Waals surface area contributed by atoms with Crippen molar-refractivity contribution in [3.05, 3.63) is 42.0 Å². The van der Waals surface area contributed by atoms with E-state index in [-0.39, 0.29) is 11.9 Å². The normalized spacial score (nSPS) is 14.8. The molecule has 1 aromatic carbocycles. The molecule has 162 valence electrons. The summed E-state index contributed by atoms with van der Waals surface area (Å²) in [6.45, 7) is 3.19. The number of H-pyrrole nitrogens is 1. The second-order valence-corrected chi connectivity index (χ2v) is 7.17. The molecule has 1 aliphatic rings. The third-order valence-corrected chi connectivity index (χ3v) is 5.24. The molecular weight excluding hydrogens is 406 g/mol. The SMILES string of the molecule is CC#CC(=O)N(c1c[nH]c2ncnc(C#Cc3cc(OC)cc(OC)c3)c12)[C@H]1CCNC1. The molecule has 0 spiro atoms. The van der Waals surface area contributed by atoms with Crippen molar-refractivity contribution in [2.75, 3.05) is 32.2 Å². The van der Waals surface area contributed by atoms with E-state index in [0.29, 0.717) is 40.5 Å². The Bertz CT molecular complexity index is 1250. The Morgan fingerprint density at radius 2 is 1.94 bits per heavy atom. The first-order valence-corrected chi connectivity index (χ1v) is 10.2. The molecule has 0 aliphatic carbocycles. The lowest BCUT2D eigenvalue weighted by molar-refractivity contribution is -0.113. The Labute approximate surface area is 186 Å². The van der Waals surface area contributed by atoms with Gasteiger partial charge in [-0.3, -0.25) is 9.69 Å². The van der Waals surface area contributed by atoms with E-state index in [2.05, 4.69) is 44.0 Å². The Hall–Kier alpha value is -4.01. The summed E-state index contributed by atoms with van der Waals surface area (Å²) in [5, 5.41) is 4.00. The number of carbonyl (C=O) groups is 1. The number of fused-ring (bicyclic) bond motifs is 1. The van der Waals surface area contributed by atoms with E-state index in [1.165, 1.54) is 6.33 Å². The van der Waals surface area contributed by atoms with Gasteiger partial charge in [0.05, 0.1) is 31.3 Å². The predicted molar refractivity (Wildman–Crippen MR) is 122 cm³/mol. The summed E-state index contributed by atoms with van der Waals surface area (Å²) in [7, 11) is 3.18. The van der Waals surface area contributed by atoms with Crippen LogP contribution in [0.5, 0.6) is 11.5 Å². The predicted octanol–water partition coefficient (Wildman–Crippen LogP) is 2.09. The van der Waals surface area contributed by atoms with Crippen LogP contribution in [0.15, 0.2) is 30.7 Å². The average molecular weight is 429 g/mol. The number of rotatable bonds is 4. The van der Waals surface area contributed by atoms with E-state index in [9.17, 15) is 4.79 Å². The van der Waals surface area contributed by atoms with Gasteiger partial charge in [0, 0.05) is 24.4 Å². The maximum Gasteiger partial charge on any atom is 0.303 e. The van der Waals surface area contributed by atoms with Gasteiger partial charge in [0.25, 0.3) is 0 Å². The lowest BCUT2D eigenvalue weighted by Crippen LogP contribution is -2.41. The van der Waals surface area contributed by atoms with E-state index in [4.69, 9.17) is 9.47 Å². The van der Waals surface area contributed by atoms with Crippen molar-refractivity contribution in [1.29, 1.82) is 0 Å². The molecule has 3 heterocycles. The molecule has 3 aromatic rings. The Morgan fingerprint density at radius 1 is 1.16 bits per heavy atom. The van der Waals surface area contributed by atoms with Crippen molar-refractivity contribution < 1.29 is 14.3 Å². The largest absolute Gasteiger partial charge is 0.497 e. The Morgan fingerprint density at radius 3 is 2.59 bits per heavy atom. The maximum atomic E-state index is 12.9. The van der Waals surface area contributed by atoms with Gasteiger partial charge in [-0.2, -0.15) is 0 Å². The fourth-order valence-corrected chi connectivity index (χ4v) is 3.74. The molecule has 0 unspecified atom stereocenters. The molecule has 4 rings (SSSR count). The summed E-state index contributed by atoms with van der Waals surface area (Å²) in [6.07, 6.45) is 4.06. The molecular formula is C24H23N5O3. The zero-order valence-electron chi connectivity index (χ0n) is 18.2. The van der Waals surface area contributed by atoms with Crippen molar-refractivity contribution in [3.8, 4) is 35.2 Å². The molecule has 1 fully saturated rings. The standard InChI is InChI=1S/C24H23N5O3/c1-4-5-22(30)29(17-8-9-25-13-17)21-14-26-24-23(21)20(27-15-28-24)7-6-16-10-18(31-2)12-19(11-16)32-3/h10-12,14-15,17,25H,8-9,13H2,1-3H3,(H,26,27,28)/t17-/m0/s1. The summed E-state index contributed by atoms with van der Waals surface area (Å²) in [5.41, 5.74) is 2.52. The third-order valence-electron chi connectivity index (χ3n) is 5.24. The molecule has 8 heteroatoms. The number of ether oxygens (including phenoxy) is 2. The van der Waals surface area contributed by atoms with Crippen LogP contribution in [0.2, 0.25) is 0 Å². The van der Waals surface area contributed by atoms with Gasteiger partial charge < -0.3 is 19.8 Å².